The average molecular weight is 549 g/mol. The first-order chi connectivity index (χ1) is 15.8. The lowest BCUT2D eigenvalue weighted by Crippen LogP contribution is -2.14. The van der Waals surface area contributed by atoms with Gasteiger partial charge in [-0.1, -0.05) is 41.4 Å². The molecule has 10 heteroatoms. The van der Waals surface area contributed by atoms with Gasteiger partial charge in [0.1, 0.15) is 0 Å². The normalized spacial score (nSPS) is 10.9. The fraction of sp³-hybridized carbons (Fsp3) is 0.174. The minimum Gasteiger partial charge on any atom is -0.468 e. The number of nitrogens with zero attached hydrogens (tertiary/aromatic N) is 4. The van der Waals surface area contributed by atoms with Crippen LogP contribution in [0.2, 0.25) is 10.0 Å². The molecule has 2 aromatic carbocycles. The zero-order valence-corrected chi connectivity index (χ0v) is 20.9. The van der Waals surface area contributed by atoms with Crippen molar-refractivity contribution in [3.63, 3.8) is 0 Å². The Morgan fingerprint density at radius 2 is 1.82 bits per heavy atom. The molecule has 7 nitrogen and oxygen atoms in total. The monoisotopic (exact) mass is 547 g/mol. The van der Waals surface area contributed by atoms with Crippen LogP contribution < -0.4 is 10.1 Å². The zero-order chi connectivity index (χ0) is 23.5. The lowest BCUT2D eigenvalue weighted by Gasteiger charge is -2.09. The fourth-order valence-electron chi connectivity index (χ4n) is 3.25. The molecule has 0 aliphatic heterocycles. The second kappa shape index (κ2) is 9.99. The van der Waals surface area contributed by atoms with E-state index in [1.54, 1.807) is 30.5 Å². The van der Waals surface area contributed by atoms with E-state index in [-0.39, 0.29) is 18.3 Å². The molecule has 0 saturated carbocycles. The van der Waals surface area contributed by atoms with Gasteiger partial charge in [-0.15, -0.1) is 0 Å². The van der Waals surface area contributed by atoms with E-state index in [1.165, 1.54) is 4.68 Å². The van der Waals surface area contributed by atoms with Crippen molar-refractivity contribution in [3.05, 3.63) is 91.9 Å². The molecular weight excluding hydrogens is 529 g/mol. The summed E-state index contributed by atoms with van der Waals surface area (Å²) in [6.45, 7) is 4.62. The lowest BCUT2D eigenvalue weighted by atomic mass is 10.2. The highest BCUT2D eigenvalue weighted by Gasteiger charge is 2.13. The zero-order valence-electron chi connectivity index (χ0n) is 17.8. The molecule has 0 bridgehead atoms. The number of aryl methyl sites for hydroxylation is 1. The van der Waals surface area contributed by atoms with E-state index in [4.69, 9.17) is 27.9 Å². The van der Waals surface area contributed by atoms with Gasteiger partial charge in [-0.2, -0.15) is 10.2 Å². The van der Waals surface area contributed by atoms with Crippen molar-refractivity contribution in [2.45, 2.75) is 27.1 Å². The molecule has 2 heterocycles. The summed E-state index contributed by atoms with van der Waals surface area (Å²) in [7, 11) is 0. The Kier molecular flexibility index (Phi) is 7.07. The van der Waals surface area contributed by atoms with Crippen LogP contribution >= 0.6 is 39.1 Å². The van der Waals surface area contributed by atoms with Gasteiger partial charge in [-0.3, -0.25) is 9.48 Å². The van der Waals surface area contributed by atoms with Crippen LogP contribution in [0.3, 0.4) is 0 Å². The molecule has 0 radical (unpaired) electrons. The van der Waals surface area contributed by atoms with Crippen molar-refractivity contribution in [2.24, 2.45) is 0 Å². The van der Waals surface area contributed by atoms with Crippen LogP contribution in [0.5, 0.6) is 5.75 Å². The van der Waals surface area contributed by atoms with E-state index in [0.717, 1.165) is 21.4 Å². The summed E-state index contributed by atoms with van der Waals surface area (Å²) in [6, 6.07) is 14.4. The van der Waals surface area contributed by atoms with Crippen molar-refractivity contribution >= 4 is 50.7 Å². The first kappa shape index (κ1) is 23.4. The number of para-hydroxylation sites is 1. The quantitative estimate of drug-likeness (QED) is 0.302. The molecule has 0 aliphatic carbocycles. The highest BCUT2D eigenvalue weighted by molar-refractivity contribution is 9.10. The maximum atomic E-state index is 12.7. The van der Waals surface area contributed by atoms with Crippen LogP contribution in [0.4, 0.5) is 5.69 Å². The van der Waals surface area contributed by atoms with Gasteiger partial charge in [0.15, 0.2) is 18.2 Å². The Bertz CT molecular complexity index is 1300. The van der Waals surface area contributed by atoms with Gasteiger partial charge in [0.25, 0.3) is 5.91 Å². The number of halogens is 3. The maximum absolute atomic E-state index is 12.7. The molecule has 0 spiro atoms. The Morgan fingerprint density at radius 3 is 2.52 bits per heavy atom. The number of hydrogen-bond acceptors (Lipinski definition) is 4. The molecule has 0 unspecified atom stereocenters. The van der Waals surface area contributed by atoms with Crippen LogP contribution in [0.15, 0.2) is 59.2 Å². The van der Waals surface area contributed by atoms with Crippen LogP contribution in [0.25, 0.3) is 0 Å². The summed E-state index contributed by atoms with van der Waals surface area (Å²) in [5, 5.41) is 12.5. The SMILES string of the molecule is Cc1nn(Cc2cccc(NC(=O)c3ccn(COc4c(Cl)cccc4Cl)n3)c2)c(C)c1Br. The number of ether oxygens (including phenoxy) is 1. The number of rotatable bonds is 7. The number of benzene rings is 2. The Balaban J connectivity index is 1.40. The molecule has 4 rings (SSSR count). The summed E-state index contributed by atoms with van der Waals surface area (Å²) in [6.07, 6.45) is 1.65. The van der Waals surface area contributed by atoms with Crippen molar-refractivity contribution in [2.75, 3.05) is 5.32 Å². The predicted molar refractivity (Wildman–Crippen MR) is 132 cm³/mol. The van der Waals surface area contributed by atoms with Gasteiger partial charge in [0, 0.05) is 11.9 Å². The third-order valence-corrected chi connectivity index (χ3v) is 6.69. The smallest absolute Gasteiger partial charge is 0.276 e. The summed E-state index contributed by atoms with van der Waals surface area (Å²) in [5.41, 5.74) is 3.94. The van der Waals surface area contributed by atoms with Gasteiger partial charge in [0.05, 0.1) is 32.5 Å². The highest BCUT2D eigenvalue weighted by Crippen LogP contribution is 2.32. The topological polar surface area (TPSA) is 74.0 Å². The molecule has 2 aromatic heterocycles. The van der Waals surface area contributed by atoms with Crippen molar-refractivity contribution in [1.82, 2.24) is 19.6 Å². The predicted octanol–water partition coefficient (Wildman–Crippen LogP) is 6.10. The van der Waals surface area contributed by atoms with Gasteiger partial charge < -0.3 is 10.1 Å². The van der Waals surface area contributed by atoms with Crippen LogP contribution in [-0.2, 0) is 13.3 Å². The number of hydrogen-bond donors (Lipinski definition) is 1. The van der Waals surface area contributed by atoms with Crippen LogP contribution in [0, 0.1) is 13.8 Å². The second-order valence-electron chi connectivity index (χ2n) is 7.36. The summed E-state index contributed by atoms with van der Waals surface area (Å²) in [4.78, 5) is 12.7. The maximum Gasteiger partial charge on any atom is 0.276 e. The van der Waals surface area contributed by atoms with E-state index in [9.17, 15) is 4.79 Å². The van der Waals surface area contributed by atoms with E-state index in [0.29, 0.717) is 28.0 Å². The fourth-order valence-corrected chi connectivity index (χ4v) is 4.04. The molecule has 170 valence electrons. The lowest BCUT2D eigenvalue weighted by molar-refractivity contribution is 0.102. The van der Waals surface area contributed by atoms with Crippen LogP contribution in [0.1, 0.15) is 27.4 Å². The number of anilines is 1. The number of carbonyl (C=O) groups excluding carboxylic acids is 1. The highest BCUT2D eigenvalue weighted by atomic mass is 79.9. The molecule has 33 heavy (non-hydrogen) atoms. The largest absolute Gasteiger partial charge is 0.468 e. The van der Waals surface area contributed by atoms with Crippen LogP contribution in [-0.4, -0.2) is 25.5 Å². The number of amides is 1. The van der Waals surface area contributed by atoms with Gasteiger partial charge in [-0.25, -0.2) is 4.68 Å². The number of aromatic nitrogens is 4. The average Bonchev–Trinajstić information content (AvgIpc) is 3.35. The molecule has 0 atom stereocenters. The number of carbonyl (C=O) groups is 1. The molecule has 4 aromatic rings. The van der Waals surface area contributed by atoms with Crippen molar-refractivity contribution in [1.29, 1.82) is 0 Å². The minimum atomic E-state index is -0.324. The molecule has 1 amide bonds. The summed E-state index contributed by atoms with van der Waals surface area (Å²) >= 11 is 15.8. The second-order valence-corrected chi connectivity index (χ2v) is 8.97. The van der Waals surface area contributed by atoms with E-state index < -0.39 is 0 Å². The van der Waals surface area contributed by atoms with E-state index >= 15 is 0 Å². The summed E-state index contributed by atoms with van der Waals surface area (Å²) < 4.78 is 10.1. The van der Waals surface area contributed by atoms with E-state index in [2.05, 4.69) is 31.4 Å². The van der Waals surface area contributed by atoms with Crippen molar-refractivity contribution in [3.8, 4) is 5.75 Å². The van der Waals surface area contributed by atoms with Gasteiger partial charge in [0.2, 0.25) is 0 Å². The van der Waals surface area contributed by atoms with Gasteiger partial charge in [-0.05, 0) is 65.7 Å². The van der Waals surface area contributed by atoms with Crippen molar-refractivity contribution < 1.29 is 9.53 Å². The summed E-state index contributed by atoms with van der Waals surface area (Å²) in [5.74, 6) is 0.0457. The molecule has 0 fully saturated rings. The number of nitrogens with one attached hydrogen (secondary N) is 1. The minimum absolute atomic E-state index is 0.0599. The Hall–Kier alpha value is -2.81. The molecular formula is C23H20BrCl2N5O2. The van der Waals surface area contributed by atoms with Gasteiger partial charge >= 0.3 is 0 Å². The first-order valence-corrected chi connectivity index (χ1v) is 11.6. The Labute approximate surface area is 209 Å². The molecule has 0 saturated heterocycles. The first-order valence-electron chi connectivity index (χ1n) is 10.0. The molecule has 0 aliphatic rings. The molecule has 1 N–H and O–H groups in total. The Morgan fingerprint density at radius 1 is 1.09 bits per heavy atom. The third kappa shape index (κ3) is 5.40. The van der Waals surface area contributed by atoms with E-state index in [1.807, 2.05) is 42.8 Å². The third-order valence-electron chi connectivity index (χ3n) is 4.94. The standard InChI is InChI=1S/C23H20BrCl2N5O2/c1-14-21(24)15(2)31(28-14)12-16-5-3-6-17(11-16)27-23(32)20-9-10-30(29-20)13-33-22-18(25)7-4-8-19(22)26/h3-11H,12-13H2,1-2H3,(H,27,32).